The van der Waals surface area contributed by atoms with Gasteiger partial charge >= 0.3 is 0 Å². The lowest BCUT2D eigenvalue weighted by Crippen LogP contribution is -2.38. The van der Waals surface area contributed by atoms with Gasteiger partial charge in [0.2, 0.25) is 0 Å². The molecule has 2 heterocycles. The Bertz CT molecular complexity index is 795. The number of benzene rings is 1. The SMILES string of the molecule is CCCn1nc(C(=O)N2CCCc3cccc(C)c32)ccc1=O. The van der Waals surface area contributed by atoms with Gasteiger partial charge in [-0.1, -0.05) is 25.1 Å². The Morgan fingerprint density at radius 2 is 2.09 bits per heavy atom. The lowest BCUT2D eigenvalue weighted by Gasteiger charge is -2.30. The molecule has 0 atom stereocenters. The lowest BCUT2D eigenvalue weighted by atomic mass is 9.98. The molecule has 1 aliphatic rings. The van der Waals surface area contributed by atoms with Crippen molar-refractivity contribution in [1.82, 2.24) is 9.78 Å². The predicted molar refractivity (Wildman–Crippen MR) is 90.0 cm³/mol. The maximum Gasteiger partial charge on any atom is 0.278 e. The summed E-state index contributed by atoms with van der Waals surface area (Å²) in [6.45, 7) is 5.21. The summed E-state index contributed by atoms with van der Waals surface area (Å²) in [5.41, 5.74) is 3.45. The Labute approximate surface area is 135 Å². The first-order valence-corrected chi connectivity index (χ1v) is 8.10. The maximum absolute atomic E-state index is 12.9. The summed E-state index contributed by atoms with van der Waals surface area (Å²) in [5, 5.41) is 4.25. The van der Waals surface area contributed by atoms with E-state index in [-0.39, 0.29) is 11.5 Å². The zero-order valence-corrected chi connectivity index (χ0v) is 13.6. The van der Waals surface area contributed by atoms with Crippen LogP contribution in [0, 0.1) is 6.92 Å². The molecule has 0 radical (unpaired) electrons. The number of rotatable bonds is 3. The van der Waals surface area contributed by atoms with Crippen molar-refractivity contribution in [2.45, 2.75) is 39.7 Å². The average molecular weight is 311 g/mol. The van der Waals surface area contributed by atoms with E-state index in [1.165, 1.54) is 22.4 Å². The normalized spacial score (nSPS) is 13.7. The van der Waals surface area contributed by atoms with Crippen molar-refractivity contribution in [1.29, 1.82) is 0 Å². The molecule has 2 aromatic rings. The second-order valence-corrected chi connectivity index (χ2v) is 5.92. The van der Waals surface area contributed by atoms with E-state index in [9.17, 15) is 9.59 Å². The third kappa shape index (κ3) is 2.91. The number of hydrogen-bond acceptors (Lipinski definition) is 3. The van der Waals surface area contributed by atoms with Crippen molar-refractivity contribution < 1.29 is 4.79 Å². The van der Waals surface area contributed by atoms with E-state index in [2.05, 4.69) is 11.2 Å². The van der Waals surface area contributed by atoms with Crippen LogP contribution in [0.15, 0.2) is 35.1 Å². The van der Waals surface area contributed by atoms with Crippen molar-refractivity contribution in [2.75, 3.05) is 11.4 Å². The molecule has 23 heavy (non-hydrogen) atoms. The molecule has 0 saturated carbocycles. The second-order valence-electron chi connectivity index (χ2n) is 5.92. The van der Waals surface area contributed by atoms with Crippen LogP contribution in [-0.2, 0) is 13.0 Å². The third-order valence-electron chi connectivity index (χ3n) is 4.19. The molecule has 1 aliphatic heterocycles. The molecular formula is C18H21N3O2. The molecule has 1 aromatic carbocycles. The van der Waals surface area contributed by atoms with Crippen molar-refractivity contribution in [3.05, 3.63) is 57.5 Å². The third-order valence-corrected chi connectivity index (χ3v) is 4.19. The maximum atomic E-state index is 12.9. The van der Waals surface area contributed by atoms with Crippen LogP contribution in [0.25, 0.3) is 0 Å². The number of aryl methyl sites for hydroxylation is 3. The number of aromatic nitrogens is 2. The summed E-state index contributed by atoms with van der Waals surface area (Å²) in [7, 11) is 0. The Morgan fingerprint density at radius 1 is 1.26 bits per heavy atom. The fourth-order valence-corrected chi connectivity index (χ4v) is 3.12. The Balaban J connectivity index is 2.00. The number of anilines is 1. The van der Waals surface area contributed by atoms with E-state index in [1.54, 1.807) is 4.90 Å². The molecule has 0 saturated heterocycles. The molecule has 5 heteroatoms. The van der Waals surface area contributed by atoms with E-state index in [0.717, 1.165) is 30.5 Å². The number of amides is 1. The summed E-state index contributed by atoms with van der Waals surface area (Å²) >= 11 is 0. The van der Waals surface area contributed by atoms with Crippen molar-refractivity contribution in [3.8, 4) is 0 Å². The van der Waals surface area contributed by atoms with E-state index < -0.39 is 0 Å². The van der Waals surface area contributed by atoms with Crippen molar-refractivity contribution in [3.63, 3.8) is 0 Å². The second kappa shape index (κ2) is 6.36. The molecule has 1 amide bonds. The molecule has 1 aromatic heterocycles. The highest BCUT2D eigenvalue weighted by Gasteiger charge is 2.26. The summed E-state index contributed by atoms with van der Waals surface area (Å²) in [5.74, 6) is -0.134. The molecule has 3 rings (SSSR count). The first-order chi connectivity index (χ1) is 11.1. The van der Waals surface area contributed by atoms with Gasteiger partial charge in [0.1, 0.15) is 5.69 Å². The monoisotopic (exact) mass is 311 g/mol. The van der Waals surface area contributed by atoms with Crippen LogP contribution in [0.3, 0.4) is 0 Å². The topological polar surface area (TPSA) is 55.2 Å². The molecule has 0 bridgehead atoms. The van der Waals surface area contributed by atoms with Gasteiger partial charge in [0.05, 0.1) is 5.69 Å². The molecule has 0 fully saturated rings. The summed E-state index contributed by atoms with van der Waals surface area (Å²) < 4.78 is 1.37. The van der Waals surface area contributed by atoms with Crippen molar-refractivity contribution in [2.24, 2.45) is 0 Å². The van der Waals surface area contributed by atoms with Gasteiger partial charge in [0.25, 0.3) is 11.5 Å². The zero-order valence-electron chi connectivity index (χ0n) is 13.6. The average Bonchev–Trinajstić information content (AvgIpc) is 2.56. The minimum atomic E-state index is -0.168. The van der Waals surface area contributed by atoms with Gasteiger partial charge in [-0.05, 0) is 43.4 Å². The Kier molecular flexibility index (Phi) is 4.28. The Morgan fingerprint density at radius 3 is 2.87 bits per heavy atom. The van der Waals surface area contributed by atoms with Gasteiger partial charge in [0, 0.05) is 19.2 Å². The largest absolute Gasteiger partial charge is 0.306 e. The number of para-hydroxylation sites is 1. The van der Waals surface area contributed by atoms with Crippen LogP contribution in [-0.4, -0.2) is 22.2 Å². The number of fused-ring (bicyclic) bond motifs is 1. The molecule has 0 spiro atoms. The van der Waals surface area contributed by atoms with Gasteiger partial charge in [0.15, 0.2) is 0 Å². The quantitative estimate of drug-likeness (QED) is 0.875. The van der Waals surface area contributed by atoms with Gasteiger partial charge in [-0.2, -0.15) is 5.10 Å². The highest BCUT2D eigenvalue weighted by molar-refractivity contribution is 6.05. The lowest BCUT2D eigenvalue weighted by molar-refractivity contribution is 0.0977. The fourth-order valence-electron chi connectivity index (χ4n) is 3.12. The molecule has 0 unspecified atom stereocenters. The van der Waals surface area contributed by atoms with E-state index in [4.69, 9.17) is 0 Å². The van der Waals surface area contributed by atoms with E-state index in [1.807, 2.05) is 26.0 Å². The molecule has 5 nitrogen and oxygen atoms in total. The summed E-state index contributed by atoms with van der Waals surface area (Å²) in [6.07, 6.45) is 2.73. The van der Waals surface area contributed by atoms with Gasteiger partial charge < -0.3 is 4.90 Å². The number of carbonyl (C=O) groups excluding carboxylic acids is 1. The van der Waals surface area contributed by atoms with Gasteiger partial charge in [-0.3, -0.25) is 9.59 Å². The van der Waals surface area contributed by atoms with Gasteiger partial charge in [-0.15, -0.1) is 0 Å². The smallest absolute Gasteiger partial charge is 0.278 e. The predicted octanol–water partition coefficient (Wildman–Crippen LogP) is 2.55. The van der Waals surface area contributed by atoms with Crippen LogP contribution in [0.2, 0.25) is 0 Å². The molecular weight excluding hydrogens is 290 g/mol. The van der Waals surface area contributed by atoms with Crippen molar-refractivity contribution >= 4 is 11.6 Å². The minimum absolute atomic E-state index is 0.134. The number of nitrogens with zero attached hydrogens (tertiary/aromatic N) is 3. The first kappa shape index (κ1) is 15.5. The van der Waals surface area contributed by atoms with Gasteiger partial charge in [-0.25, -0.2) is 4.68 Å². The fraction of sp³-hybridized carbons (Fsp3) is 0.389. The van der Waals surface area contributed by atoms with E-state index >= 15 is 0 Å². The number of hydrogen-bond donors (Lipinski definition) is 0. The standard InChI is InChI=1S/C18H21N3O2/c1-3-11-21-16(22)10-9-15(19-21)18(23)20-12-5-8-14-7-4-6-13(2)17(14)20/h4,6-7,9-10H,3,5,8,11-12H2,1-2H3. The first-order valence-electron chi connectivity index (χ1n) is 8.10. The summed E-state index contributed by atoms with van der Waals surface area (Å²) in [6, 6.07) is 9.09. The van der Waals surface area contributed by atoms with Crippen LogP contribution >= 0.6 is 0 Å². The highest BCUT2D eigenvalue weighted by Crippen LogP contribution is 2.31. The van der Waals surface area contributed by atoms with Crippen LogP contribution < -0.4 is 10.5 Å². The summed E-state index contributed by atoms with van der Waals surface area (Å²) in [4.78, 5) is 26.5. The zero-order chi connectivity index (χ0) is 16.4. The Hall–Kier alpha value is -2.43. The molecule has 0 N–H and O–H groups in total. The van der Waals surface area contributed by atoms with Crippen LogP contribution in [0.4, 0.5) is 5.69 Å². The minimum Gasteiger partial charge on any atom is -0.306 e. The highest BCUT2D eigenvalue weighted by atomic mass is 16.2. The van der Waals surface area contributed by atoms with Crippen LogP contribution in [0.1, 0.15) is 41.4 Å². The van der Waals surface area contributed by atoms with E-state index in [0.29, 0.717) is 18.8 Å². The molecule has 120 valence electrons. The van der Waals surface area contributed by atoms with Crippen LogP contribution in [0.5, 0.6) is 0 Å². The molecule has 0 aliphatic carbocycles. The number of carbonyl (C=O) groups is 1.